The maximum absolute atomic E-state index is 10.0. The molecule has 1 atom stereocenters. The van der Waals surface area contributed by atoms with Gasteiger partial charge in [0.15, 0.2) is 0 Å². The first-order valence-electron chi connectivity index (χ1n) is 5.17. The Balaban J connectivity index is 1.98. The smallest absolute Gasteiger partial charge is 0.108 e. The van der Waals surface area contributed by atoms with Gasteiger partial charge in [-0.05, 0) is 28.4 Å². The zero-order valence-corrected chi connectivity index (χ0v) is 12.4. The summed E-state index contributed by atoms with van der Waals surface area (Å²) in [5.74, 6) is 0.978. The summed E-state index contributed by atoms with van der Waals surface area (Å²) < 4.78 is 3.48. The van der Waals surface area contributed by atoms with E-state index < -0.39 is 6.10 Å². The maximum Gasteiger partial charge on any atom is 0.108 e. The average molecular weight is 336 g/mol. The van der Waals surface area contributed by atoms with Crippen LogP contribution in [-0.4, -0.2) is 14.7 Å². The Bertz CT molecular complexity index is 492. The molecule has 3 nitrogen and oxygen atoms in total. The van der Waals surface area contributed by atoms with Crippen LogP contribution in [0.3, 0.4) is 0 Å². The lowest BCUT2D eigenvalue weighted by molar-refractivity contribution is 0.170. The van der Waals surface area contributed by atoms with E-state index in [-0.39, 0.29) is 0 Å². The van der Waals surface area contributed by atoms with E-state index in [2.05, 4.69) is 20.9 Å². The lowest BCUT2D eigenvalue weighted by atomic mass is 10.1. The van der Waals surface area contributed by atoms with Crippen LogP contribution in [0.15, 0.2) is 22.9 Å². The summed E-state index contributed by atoms with van der Waals surface area (Å²) in [6.45, 7) is 0. The van der Waals surface area contributed by atoms with Gasteiger partial charge < -0.3 is 9.67 Å². The van der Waals surface area contributed by atoms with Gasteiger partial charge in [0.25, 0.3) is 0 Å². The molecule has 0 aliphatic carbocycles. The zero-order valence-electron chi connectivity index (χ0n) is 9.23. The first kappa shape index (κ1) is 13.1. The second kappa shape index (κ2) is 5.52. The normalized spacial score (nSPS) is 12.9. The van der Waals surface area contributed by atoms with E-state index in [9.17, 15) is 5.11 Å². The highest BCUT2D eigenvalue weighted by Crippen LogP contribution is 2.36. The third-order valence-electron chi connectivity index (χ3n) is 2.55. The van der Waals surface area contributed by atoms with Gasteiger partial charge in [-0.15, -0.1) is 11.3 Å². The number of rotatable bonds is 4. The van der Waals surface area contributed by atoms with E-state index in [1.165, 1.54) is 11.3 Å². The van der Waals surface area contributed by atoms with E-state index in [4.69, 9.17) is 11.6 Å². The van der Waals surface area contributed by atoms with Crippen LogP contribution in [0.1, 0.15) is 23.2 Å². The lowest BCUT2D eigenvalue weighted by Gasteiger charge is -2.07. The molecule has 0 bridgehead atoms. The Kier molecular flexibility index (Phi) is 4.25. The number of hydrogen-bond donors (Lipinski definition) is 1. The fourth-order valence-electron chi connectivity index (χ4n) is 1.57. The Morgan fingerprint density at radius 2 is 2.41 bits per heavy atom. The molecule has 2 aromatic rings. The quantitative estimate of drug-likeness (QED) is 0.927. The number of aliphatic hydroxyl groups excluding tert-OH is 1. The van der Waals surface area contributed by atoms with Gasteiger partial charge in [-0.1, -0.05) is 11.6 Å². The fourth-order valence-corrected chi connectivity index (χ4v) is 3.33. The predicted molar refractivity (Wildman–Crippen MR) is 73.5 cm³/mol. The van der Waals surface area contributed by atoms with Crippen LogP contribution < -0.4 is 0 Å². The molecule has 0 fully saturated rings. The van der Waals surface area contributed by atoms with Gasteiger partial charge in [0.1, 0.15) is 10.2 Å². The summed E-state index contributed by atoms with van der Waals surface area (Å²) in [7, 11) is 1.95. The molecule has 0 spiro atoms. The van der Waals surface area contributed by atoms with Gasteiger partial charge in [-0.3, -0.25) is 0 Å². The minimum absolute atomic E-state index is 0.486. The third kappa shape index (κ3) is 3.10. The van der Waals surface area contributed by atoms with Crippen LogP contribution in [0.5, 0.6) is 0 Å². The maximum atomic E-state index is 10.0. The molecule has 0 saturated heterocycles. The summed E-state index contributed by atoms with van der Waals surface area (Å²) in [5.41, 5.74) is 0. The number of imidazole rings is 1. The molecule has 2 heterocycles. The number of halogens is 2. The van der Waals surface area contributed by atoms with Crippen molar-refractivity contribution in [2.45, 2.75) is 18.9 Å². The van der Waals surface area contributed by atoms with Gasteiger partial charge >= 0.3 is 0 Å². The first-order chi connectivity index (χ1) is 8.08. The van der Waals surface area contributed by atoms with Gasteiger partial charge in [0.2, 0.25) is 0 Å². The highest BCUT2D eigenvalue weighted by Gasteiger charge is 2.14. The Morgan fingerprint density at radius 1 is 1.65 bits per heavy atom. The molecule has 1 unspecified atom stereocenters. The second-order valence-corrected chi connectivity index (χ2v) is 6.32. The second-order valence-electron chi connectivity index (χ2n) is 3.78. The summed E-state index contributed by atoms with van der Waals surface area (Å²) >= 11 is 10.7. The first-order valence-corrected chi connectivity index (χ1v) is 7.15. The van der Waals surface area contributed by atoms with Crippen molar-refractivity contribution in [2.24, 2.45) is 7.05 Å². The third-order valence-corrected chi connectivity index (χ3v) is 5.13. The van der Waals surface area contributed by atoms with Gasteiger partial charge in [0, 0.05) is 35.2 Å². The Labute approximate surface area is 117 Å². The summed E-state index contributed by atoms with van der Waals surface area (Å²) in [6.07, 6.45) is 4.58. The van der Waals surface area contributed by atoms with Crippen molar-refractivity contribution in [3.8, 4) is 0 Å². The SMILES string of the molecule is Cn1ccnc1CCC(O)c1cc(Br)c(Cl)s1. The van der Waals surface area contributed by atoms with Crippen LogP contribution in [-0.2, 0) is 13.5 Å². The van der Waals surface area contributed by atoms with Crippen molar-refractivity contribution in [1.82, 2.24) is 9.55 Å². The van der Waals surface area contributed by atoms with Gasteiger partial charge in [-0.25, -0.2) is 4.98 Å². The minimum Gasteiger partial charge on any atom is -0.388 e. The molecule has 0 aliphatic heterocycles. The molecular formula is C11H12BrClN2OS. The van der Waals surface area contributed by atoms with Crippen LogP contribution in [0.25, 0.3) is 0 Å². The minimum atomic E-state index is -0.486. The molecule has 0 saturated carbocycles. The van der Waals surface area contributed by atoms with Crippen molar-refractivity contribution in [1.29, 1.82) is 0 Å². The molecule has 92 valence electrons. The van der Waals surface area contributed by atoms with E-state index in [1.807, 2.05) is 23.9 Å². The number of aromatic nitrogens is 2. The topological polar surface area (TPSA) is 38.0 Å². The highest BCUT2D eigenvalue weighted by molar-refractivity contribution is 9.10. The average Bonchev–Trinajstić information content (AvgIpc) is 2.83. The van der Waals surface area contributed by atoms with Crippen molar-refractivity contribution in [3.63, 3.8) is 0 Å². The van der Waals surface area contributed by atoms with Crippen molar-refractivity contribution < 1.29 is 5.11 Å². The van der Waals surface area contributed by atoms with Crippen LogP contribution in [0.4, 0.5) is 0 Å². The molecule has 2 aromatic heterocycles. The van der Waals surface area contributed by atoms with E-state index >= 15 is 0 Å². The molecule has 0 aromatic carbocycles. The standard InChI is InChI=1S/C11H12BrClN2OS/c1-15-5-4-14-10(15)3-2-8(16)9-6-7(12)11(13)17-9/h4-6,8,16H,2-3H2,1H3. The number of hydrogen-bond acceptors (Lipinski definition) is 3. The lowest BCUT2D eigenvalue weighted by Crippen LogP contribution is -2.02. The van der Waals surface area contributed by atoms with E-state index in [0.717, 1.165) is 21.6 Å². The largest absolute Gasteiger partial charge is 0.388 e. The molecule has 2 rings (SSSR count). The van der Waals surface area contributed by atoms with Crippen LogP contribution >= 0.6 is 38.9 Å². The summed E-state index contributed by atoms with van der Waals surface area (Å²) in [4.78, 5) is 5.11. The molecule has 0 radical (unpaired) electrons. The van der Waals surface area contributed by atoms with E-state index in [1.54, 1.807) is 6.20 Å². The predicted octanol–water partition coefficient (Wildman–Crippen LogP) is 3.56. The Hall–Kier alpha value is -0.360. The number of aryl methyl sites for hydroxylation is 2. The molecule has 0 amide bonds. The molecular weight excluding hydrogens is 324 g/mol. The monoisotopic (exact) mass is 334 g/mol. The fraction of sp³-hybridized carbons (Fsp3) is 0.364. The Morgan fingerprint density at radius 3 is 2.94 bits per heavy atom. The van der Waals surface area contributed by atoms with Gasteiger partial charge in [0.05, 0.1) is 6.10 Å². The van der Waals surface area contributed by atoms with Crippen molar-refractivity contribution in [2.75, 3.05) is 0 Å². The molecule has 17 heavy (non-hydrogen) atoms. The van der Waals surface area contributed by atoms with Crippen LogP contribution in [0, 0.1) is 0 Å². The van der Waals surface area contributed by atoms with E-state index in [0.29, 0.717) is 10.8 Å². The number of aliphatic hydroxyl groups is 1. The van der Waals surface area contributed by atoms with Crippen molar-refractivity contribution in [3.05, 3.63) is 38.0 Å². The number of thiophene rings is 1. The molecule has 6 heteroatoms. The molecule has 0 aliphatic rings. The zero-order chi connectivity index (χ0) is 12.4. The van der Waals surface area contributed by atoms with Gasteiger partial charge in [-0.2, -0.15) is 0 Å². The highest BCUT2D eigenvalue weighted by atomic mass is 79.9. The molecule has 1 N–H and O–H groups in total. The van der Waals surface area contributed by atoms with Crippen LogP contribution in [0.2, 0.25) is 4.34 Å². The summed E-state index contributed by atoms with van der Waals surface area (Å²) in [5, 5.41) is 10.0. The number of nitrogens with zero attached hydrogens (tertiary/aromatic N) is 2. The van der Waals surface area contributed by atoms with Crippen molar-refractivity contribution >= 4 is 38.9 Å². The summed E-state index contributed by atoms with van der Waals surface area (Å²) in [6, 6.07) is 1.87.